The summed E-state index contributed by atoms with van der Waals surface area (Å²) in [5.41, 5.74) is 10.3. The van der Waals surface area contributed by atoms with E-state index in [4.69, 9.17) is 5.73 Å². The number of nitrogens with zero attached hydrogens (tertiary/aromatic N) is 1. The summed E-state index contributed by atoms with van der Waals surface area (Å²) in [5.74, 6) is -0.158. The molecule has 0 aliphatic carbocycles. The number of aryl methyl sites for hydroxylation is 1. The maximum Gasteiger partial charge on any atom is 0.255 e. The van der Waals surface area contributed by atoms with E-state index in [2.05, 4.69) is 33.1 Å². The first kappa shape index (κ1) is 15.9. The summed E-state index contributed by atoms with van der Waals surface area (Å²) in [6.07, 6.45) is 2.42. The number of nitrogens with one attached hydrogen (secondary N) is 1. The number of hydrogen-bond acceptors (Lipinski definition) is 3. The van der Waals surface area contributed by atoms with Crippen molar-refractivity contribution in [3.63, 3.8) is 0 Å². The molecule has 5 heteroatoms. The fraction of sp³-hybridized carbons (Fsp3) is 0.278. The van der Waals surface area contributed by atoms with Crippen LogP contribution in [0.15, 0.2) is 40.9 Å². The van der Waals surface area contributed by atoms with Crippen LogP contribution in [0, 0.1) is 6.92 Å². The topological polar surface area (TPSA) is 58.4 Å². The van der Waals surface area contributed by atoms with Crippen LogP contribution < -0.4 is 16.0 Å². The van der Waals surface area contributed by atoms with Crippen LogP contribution in [0.2, 0.25) is 0 Å². The van der Waals surface area contributed by atoms with Gasteiger partial charge in [0.25, 0.3) is 5.91 Å². The largest absolute Gasteiger partial charge is 0.397 e. The maximum atomic E-state index is 12.4. The van der Waals surface area contributed by atoms with Gasteiger partial charge in [-0.05, 0) is 55.7 Å². The molecule has 0 radical (unpaired) electrons. The summed E-state index contributed by atoms with van der Waals surface area (Å²) in [7, 11) is 0. The quantitative estimate of drug-likeness (QED) is 0.792. The lowest BCUT2D eigenvalue weighted by molar-refractivity contribution is 0.102. The number of nitrogen functional groups attached to an aromatic ring is 1. The van der Waals surface area contributed by atoms with E-state index in [1.165, 1.54) is 12.8 Å². The molecule has 0 bridgehead atoms. The molecule has 120 valence electrons. The third kappa shape index (κ3) is 3.50. The second-order valence-corrected chi connectivity index (χ2v) is 6.80. The number of amides is 1. The Balaban J connectivity index is 1.87. The summed E-state index contributed by atoms with van der Waals surface area (Å²) < 4.78 is 0.875. The van der Waals surface area contributed by atoms with Gasteiger partial charge in [0.05, 0.1) is 11.4 Å². The summed E-state index contributed by atoms with van der Waals surface area (Å²) in [6.45, 7) is 4.18. The highest BCUT2D eigenvalue weighted by molar-refractivity contribution is 9.10. The third-order valence-electron chi connectivity index (χ3n) is 4.15. The van der Waals surface area contributed by atoms with Gasteiger partial charge < -0.3 is 16.0 Å². The predicted octanol–water partition coefficient (Wildman–Crippen LogP) is 4.19. The van der Waals surface area contributed by atoms with E-state index in [1.54, 1.807) is 12.1 Å². The minimum atomic E-state index is -0.158. The predicted molar refractivity (Wildman–Crippen MR) is 99.1 cm³/mol. The molecule has 3 N–H and O–H groups in total. The Bertz CT molecular complexity index is 739. The minimum absolute atomic E-state index is 0.158. The molecule has 23 heavy (non-hydrogen) atoms. The van der Waals surface area contributed by atoms with Gasteiger partial charge in [0, 0.05) is 28.8 Å². The highest BCUT2D eigenvalue weighted by Crippen LogP contribution is 2.32. The molecule has 0 atom stereocenters. The number of nitrogens with two attached hydrogens (primary N) is 1. The normalized spacial score (nSPS) is 14.1. The van der Waals surface area contributed by atoms with E-state index in [0.29, 0.717) is 16.9 Å². The minimum Gasteiger partial charge on any atom is -0.397 e. The molecule has 3 rings (SSSR count). The van der Waals surface area contributed by atoms with Gasteiger partial charge in [-0.1, -0.05) is 22.0 Å². The standard InChI is InChI=1S/C18H20BrN3O/c1-12-9-15(20)16(11-17(12)22-7-2-3-8-22)21-18(23)13-5-4-6-14(19)10-13/h4-6,9-11H,2-3,7-8,20H2,1H3,(H,21,23). The van der Waals surface area contributed by atoms with Crippen molar-refractivity contribution in [3.05, 3.63) is 52.0 Å². The van der Waals surface area contributed by atoms with Crippen molar-refractivity contribution in [2.75, 3.05) is 29.0 Å². The molecule has 4 nitrogen and oxygen atoms in total. The smallest absolute Gasteiger partial charge is 0.255 e. The molecular formula is C18H20BrN3O. The molecule has 0 saturated carbocycles. The van der Waals surface area contributed by atoms with Crippen molar-refractivity contribution in [3.8, 4) is 0 Å². The zero-order chi connectivity index (χ0) is 16.4. The summed E-state index contributed by atoms with van der Waals surface area (Å²) >= 11 is 3.38. The number of rotatable bonds is 3. The Morgan fingerprint density at radius 2 is 1.96 bits per heavy atom. The van der Waals surface area contributed by atoms with Crippen molar-refractivity contribution < 1.29 is 4.79 Å². The molecule has 0 spiro atoms. The van der Waals surface area contributed by atoms with Crippen LogP contribution in [-0.2, 0) is 0 Å². The van der Waals surface area contributed by atoms with Crippen LogP contribution in [0.5, 0.6) is 0 Å². The lowest BCUT2D eigenvalue weighted by Crippen LogP contribution is -2.20. The Labute approximate surface area is 144 Å². The van der Waals surface area contributed by atoms with Crippen LogP contribution >= 0.6 is 15.9 Å². The SMILES string of the molecule is Cc1cc(N)c(NC(=O)c2cccc(Br)c2)cc1N1CCCC1. The zero-order valence-electron chi connectivity index (χ0n) is 13.1. The molecule has 0 unspecified atom stereocenters. The van der Waals surface area contributed by atoms with Crippen molar-refractivity contribution in [2.45, 2.75) is 19.8 Å². The van der Waals surface area contributed by atoms with E-state index < -0.39 is 0 Å². The van der Waals surface area contributed by atoms with E-state index in [9.17, 15) is 4.79 Å². The van der Waals surface area contributed by atoms with E-state index >= 15 is 0 Å². The van der Waals surface area contributed by atoms with Crippen LogP contribution in [0.1, 0.15) is 28.8 Å². The molecule has 2 aromatic rings. The van der Waals surface area contributed by atoms with Crippen molar-refractivity contribution in [1.29, 1.82) is 0 Å². The van der Waals surface area contributed by atoms with Gasteiger partial charge >= 0.3 is 0 Å². The zero-order valence-corrected chi connectivity index (χ0v) is 14.7. The van der Waals surface area contributed by atoms with Gasteiger partial charge in [-0.3, -0.25) is 4.79 Å². The first-order valence-corrected chi connectivity index (χ1v) is 8.56. The van der Waals surface area contributed by atoms with Gasteiger partial charge in [0.1, 0.15) is 0 Å². The number of carbonyl (C=O) groups is 1. The summed E-state index contributed by atoms with van der Waals surface area (Å²) in [4.78, 5) is 14.8. The molecule has 1 fully saturated rings. The Morgan fingerprint density at radius 1 is 1.22 bits per heavy atom. The van der Waals surface area contributed by atoms with Crippen LogP contribution in [0.3, 0.4) is 0 Å². The van der Waals surface area contributed by atoms with E-state index in [1.807, 2.05) is 24.3 Å². The van der Waals surface area contributed by atoms with Gasteiger partial charge in [-0.25, -0.2) is 0 Å². The van der Waals surface area contributed by atoms with Crippen LogP contribution in [0.25, 0.3) is 0 Å². The van der Waals surface area contributed by atoms with Crippen LogP contribution in [0.4, 0.5) is 17.1 Å². The second kappa shape index (κ2) is 6.62. The molecule has 0 aromatic heterocycles. The summed E-state index contributed by atoms with van der Waals surface area (Å²) in [5, 5.41) is 2.93. The second-order valence-electron chi connectivity index (χ2n) is 5.88. The van der Waals surface area contributed by atoms with E-state index in [0.717, 1.165) is 28.8 Å². The molecule has 1 amide bonds. The van der Waals surface area contributed by atoms with Gasteiger partial charge in [0.2, 0.25) is 0 Å². The molecule has 1 aliphatic heterocycles. The van der Waals surface area contributed by atoms with Crippen LogP contribution in [-0.4, -0.2) is 19.0 Å². The first-order valence-electron chi connectivity index (χ1n) is 7.76. The molecule has 2 aromatic carbocycles. The van der Waals surface area contributed by atoms with Crippen molar-refractivity contribution in [2.24, 2.45) is 0 Å². The number of carbonyl (C=O) groups excluding carboxylic acids is 1. The summed E-state index contributed by atoms with van der Waals surface area (Å²) in [6, 6.07) is 11.2. The van der Waals surface area contributed by atoms with Crippen molar-refractivity contribution in [1.82, 2.24) is 0 Å². The highest BCUT2D eigenvalue weighted by atomic mass is 79.9. The lowest BCUT2D eigenvalue weighted by Gasteiger charge is -2.22. The number of halogens is 1. The fourth-order valence-electron chi connectivity index (χ4n) is 2.95. The number of benzene rings is 2. The first-order chi connectivity index (χ1) is 11.0. The molecule has 1 saturated heterocycles. The molecule has 1 heterocycles. The van der Waals surface area contributed by atoms with Crippen molar-refractivity contribution >= 4 is 38.9 Å². The van der Waals surface area contributed by atoms with Gasteiger partial charge in [-0.2, -0.15) is 0 Å². The Hall–Kier alpha value is -2.01. The Morgan fingerprint density at radius 3 is 2.65 bits per heavy atom. The number of anilines is 3. The van der Waals surface area contributed by atoms with Gasteiger partial charge in [-0.15, -0.1) is 0 Å². The molecule has 1 aliphatic rings. The monoisotopic (exact) mass is 373 g/mol. The average molecular weight is 374 g/mol. The highest BCUT2D eigenvalue weighted by Gasteiger charge is 2.17. The third-order valence-corrected chi connectivity index (χ3v) is 4.64. The lowest BCUT2D eigenvalue weighted by atomic mass is 10.1. The maximum absolute atomic E-state index is 12.4. The number of hydrogen-bond donors (Lipinski definition) is 2. The molecular weight excluding hydrogens is 354 g/mol. The Kier molecular flexibility index (Phi) is 4.57. The van der Waals surface area contributed by atoms with Gasteiger partial charge in [0.15, 0.2) is 0 Å². The van der Waals surface area contributed by atoms with E-state index in [-0.39, 0.29) is 5.91 Å². The fourth-order valence-corrected chi connectivity index (χ4v) is 3.35. The average Bonchev–Trinajstić information content (AvgIpc) is 3.04.